The zero-order chi connectivity index (χ0) is 23.5. The van der Waals surface area contributed by atoms with Crippen LogP contribution in [-0.2, 0) is 10.8 Å². The van der Waals surface area contributed by atoms with Gasteiger partial charge in [-0.15, -0.1) is 11.8 Å². The summed E-state index contributed by atoms with van der Waals surface area (Å²) in [6, 6.07) is 7.20. The second-order valence-electron chi connectivity index (χ2n) is 11.6. The van der Waals surface area contributed by atoms with E-state index in [2.05, 4.69) is 56.9 Å². The second kappa shape index (κ2) is 10.7. The van der Waals surface area contributed by atoms with Crippen LogP contribution in [0.15, 0.2) is 29.3 Å². The number of fused-ring (bicyclic) bond motifs is 1. The van der Waals surface area contributed by atoms with Crippen molar-refractivity contribution in [2.24, 2.45) is 10.9 Å². The minimum atomic E-state index is 0.234. The molecule has 2 aliphatic heterocycles. The van der Waals surface area contributed by atoms with Gasteiger partial charge in [-0.1, -0.05) is 45.9 Å². The fourth-order valence-electron chi connectivity index (χ4n) is 5.72. The van der Waals surface area contributed by atoms with Crippen LogP contribution in [0, 0.1) is 5.92 Å². The van der Waals surface area contributed by atoms with E-state index < -0.39 is 0 Å². The lowest BCUT2D eigenvalue weighted by molar-refractivity contribution is 0.203. The topological polar surface area (TPSA) is 35.8 Å². The van der Waals surface area contributed by atoms with E-state index in [-0.39, 0.29) is 10.8 Å². The smallest absolute Gasteiger partial charge is 0.0770 e. The minimum absolute atomic E-state index is 0.234. The molecule has 33 heavy (non-hydrogen) atoms. The van der Waals surface area contributed by atoms with Gasteiger partial charge >= 0.3 is 0 Å². The quantitative estimate of drug-likeness (QED) is 0.448. The third kappa shape index (κ3) is 5.94. The fourth-order valence-corrected chi connectivity index (χ4v) is 6.80. The Hall–Kier alpha value is -1.10. The number of unbranched alkanes of at least 4 members (excludes halogenated alkanes) is 2. The summed E-state index contributed by atoms with van der Waals surface area (Å²) in [7, 11) is 0. The summed E-state index contributed by atoms with van der Waals surface area (Å²) in [6.07, 6.45) is 11.7. The standard InChI is InChI=1S/C29H44N2OS/c1-28(2)14-15-29(3,4)25-21-23(10-11-24(25)28)26-9-8-20-33-27(30-26)22-12-17-31(18-13-22)16-6-5-7-19-32/h9-11,21-22,32H,5-8,12-20H2,1-4H3. The van der Waals surface area contributed by atoms with E-state index in [1.165, 1.54) is 79.2 Å². The molecule has 0 saturated carbocycles. The summed E-state index contributed by atoms with van der Waals surface area (Å²) in [4.78, 5) is 7.92. The number of thioether (sulfide) groups is 1. The predicted octanol–water partition coefficient (Wildman–Crippen LogP) is 6.79. The van der Waals surface area contributed by atoms with Crippen molar-refractivity contribution in [2.75, 3.05) is 32.0 Å². The summed E-state index contributed by atoms with van der Waals surface area (Å²) >= 11 is 1.99. The number of aliphatic imine (C=N–C) groups is 1. The van der Waals surface area contributed by atoms with Gasteiger partial charge < -0.3 is 10.0 Å². The van der Waals surface area contributed by atoms with Gasteiger partial charge in [0.2, 0.25) is 0 Å². The fraction of sp³-hybridized carbons (Fsp3) is 0.690. The molecule has 1 aromatic carbocycles. The van der Waals surface area contributed by atoms with E-state index in [4.69, 9.17) is 10.1 Å². The lowest BCUT2D eigenvalue weighted by atomic mass is 9.63. The SMILES string of the molecule is CC1(C)CCC(C)(C)c2cc(C3=CCCSC(C4CCN(CCCCCO)CC4)=N3)ccc21. The highest BCUT2D eigenvalue weighted by molar-refractivity contribution is 8.14. The molecular weight excluding hydrogens is 424 g/mol. The maximum atomic E-state index is 8.98. The molecule has 1 saturated heterocycles. The molecule has 0 radical (unpaired) electrons. The summed E-state index contributed by atoms with van der Waals surface area (Å²) in [5, 5.41) is 10.4. The lowest BCUT2D eigenvalue weighted by Gasteiger charge is -2.42. The minimum Gasteiger partial charge on any atom is -0.396 e. The first kappa shape index (κ1) is 25.0. The first-order valence-electron chi connectivity index (χ1n) is 13.2. The van der Waals surface area contributed by atoms with E-state index in [1.807, 2.05) is 11.8 Å². The molecule has 0 aromatic heterocycles. The molecule has 182 valence electrons. The molecule has 4 rings (SSSR count). The van der Waals surface area contributed by atoms with Crippen molar-refractivity contribution in [1.29, 1.82) is 0 Å². The van der Waals surface area contributed by atoms with Crippen LogP contribution in [0.25, 0.3) is 5.70 Å². The monoisotopic (exact) mass is 468 g/mol. The number of allylic oxidation sites excluding steroid dienone is 1. The lowest BCUT2D eigenvalue weighted by Crippen LogP contribution is -2.36. The Bertz CT molecular complexity index is 878. The normalized spacial score (nSPS) is 23.4. The van der Waals surface area contributed by atoms with Crippen LogP contribution in [0.5, 0.6) is 0 Å². The van der Waals surface area contributed by atoms with Crippen molar-refractivity contribution >= 4 is 22.5 Å². The Kier molecular flexibility index (Phi) is 8.08. The first-order chi connectivity index (χ1) is 15.8. The van der Waals surface area contributed by atoms with Gasteiger partial charge in [-0.05, 0) is 99.0 Å². The third-order valence-electron chi connectivity index (χ3n) is 8.15. The van der Waals surface area contributed by atoms with E-state index in [1.54, 1.807) is 0 Å². The Labute approximate surface area is 206 Å². The van der Waals surface area contributed by atoms with Crippen LogP contribution in [0.3, 0.4) is 0 Å². The number of rotatable bonds is 7. The Morgan fingerprint density at radius 1 is 1.00 bits per heavy atom. The van der Waals surface area contributed by atoms with Gasteiger partial charge in [-0.2, -0.15) is 0 Å². The van der Waals surface area contributed by atoms with Gasteiger partial charge in [-0.3, -0.25) is 0 Å². The van der Waals surface area contributed by atoms with Gasteiger partial charge in [0.1, 0.15) is 0 Å². The van der Waals surface area contributed by atoms with E-state index in [0.29, 0.717) is 12.5 Å². The van der Waals surface area contributed by atoms with Crippen molar-refractivity contribution in [2.45, 2.75) is 89.9 Å². The van der Waals surface area contributed by atoms with Crippen molar-refractivity contribution in [3.05, 3.63) is 41.0 Å². The largest absolute Gasteiger partial charge is 0.396 e. The number of nitrogens with zero attached hydrogens (tertiary/aromatic N) is 2. The van der Waals surface area contributed by atoms with Gasteiger partial charge in [-0.25, -0.2) is 4.99 Å². The van der Waals surface area contributed by atoms with Gasteiger partial charge in [0, 0.05) is 23.8 Å². The van der Waals surface area contributed by atoms with Crippen LogP contribution >= 0.6 is 11.8 Å². The highest BCUT2D eigenvalue weighted by Gasteiger charge is 2.37. The molecule has 2 heterocycles. The van der Waals surface area contributed by atoms with Gasteiger partial charge in [0.15, 0.2) is 0 Å². The van der Waals surface area contributed by atoms with Crippen LogP contribution in [0.4, 0.5) is 0 Å². The van der Waals surface area contributed by atoms with Gasteiger partial charge in [0.25, 0.3) is 0 Å². The average Bonchev–Trinajstić information content (AvgIpc) is 3.07. The van der Waals surface area contributed by atoms with E-state index in [9.17, 15) is 0 Å². The molecule has 0 unspecified atom stereocenters. The Balaban J connectivity index is 1.48. The van der Waals surface area contributed by atoms with E-state index in [0.717, 1.165) is 25.0 Å². The maximum Gasteiger partial charge on any atom is 0.0770 e. The Morgan fingerprint density at radius 2 is 1.73 bits per heavy atom. The van der Waals surface area contributed by atoms with Crippen LogP contribution < -0.4 is 0 Å². The molecular formula is C29H44N2OS. The Morgan fingerprint density at radius 3 is 2.45 bits per heavy atom. The molecule has 3 aliphatic rings. The maximum absolute atomic E-state index is 8.98. The van der Waals surface area contributed by atoms with Crippen LogP contribution in [0.2, 0.25) is 0 Å². The molecule has 4 heteroatoms. The average molecular weight is 469 g/mol. The third-order valence-corrected chi connectivity index (χ3v) is 9.31. The summed E-state index contributed by atoms with van der Waals surface area (Å²) < 4.78 is 0. The highest BCUT2D eigenvalue weighted by Crippen LogP contribution is 2.46. The molecule has 3 nitrogen and oxygen atoms in total. The summed E-state index contributed by atoms with van der Waals surface area (Å²) in [5.41, 5.74) is 6.06. The molecule has 1 aromatic rings. The second-order valence-corrected chi connectivity index (χ2v) is 12.7. The van der Waals surface area contributed by atoms with Crippen LogP contribution in [0.1, 0.15) is 95.8 Å². The number of aliphatic hydroxyl groups excluding tert-OH is 1. The number of benzene rings is 1. The number of hydrogen-bond donors (Lipinski definition) is 1. The number of aliphatic hydroxyl groups is 1. The molecule has 1 fully saturated rings. The van der Waals surface area contributed by atoms with Crippen LogP contribution in [-0.4, -0.2) is 47.0 Å². The summed E-state index contributed by atoms with van der Waals surface area (Å²) in [6.45, 7) is 13.5. The number of likely N-dealkylation sites (tertiary alicyclic amines) is 1. The molecule has 0 spiro atoms. The van der Waals surface area contributed by atoms with Gasteiger partial charge in [0.05, 0.1) is 10.7 Å². The molecule has 0 bridgehead atoms. The van der Waals surface area contributed by atoms with Crippen molar-refractivity contribution < 1.29 is 5.11 Å². The molecule has 0 atom stereocenters. The van der Waals surface area contributed by atoms with Crippen molar-refractivity contribution in [3.8, 4) is 0 Å². The zero-order valence-electron chi connectivity index (χ0n) is 21.3. The molecule has 1 aliphatic carbocycles. The van der Waals surface area contributed by atoms with Crippen molar-refractivity contribution in [1.82, 2.24) is 4.90 Å². The van der Waals surface area contributed by atoms with E-state index >= 15 is 0 Å². The molecule has 1 N–H and O–H groups in total. The zero-order valence-corrected chi connectivity index (χ0v) is 22.1. The van der Waals surface area contributed by atoms with Crippen molar-refractivity contribution in [3.63, 3.8) is 0 Å². The predicted molar refractivity (Wildman–Crippen MR) is 144 cm³/mol. The number of hydrogen-bond acceptors (Lipinski definition) is 4. The first-order valence-corrected chi connectivity index (χ1v) is 14.2. The summed E-state index contributed by atoms with van der Waals surface area (Å²) in [5.74, 6) is 1.76. The highest BCUT2D eigenvalue weighted by atomic mass is 32.2. The molecule has 0 amide bonds. The number of piperidine rings is 1.